The van der Waals surface area contributed by atoms with Crippen LogP contribution in [0.5, 0.6) is 0 Å². The Hall–Kier alpha value is -1.10. The van der Waals surface area contributed by atoms with Crippen LogP contribution in [-0.2, 0) is 6.42 Å². The minimum atomic E-state index is -0.230. The summed E-state index contributed by atoms with van der Waals surface area (Å²) >= 11 is 3.30. The van der Waals surface area contributed by atoms with Crippen LogP contribution in [0.1, 0.15) is 12.0 Å². The van der Waals surface area contributed by atoms with Crippen LogP contribution in [-0.4, -0.2) is 30.6 Å². The number of rotatable bonds is 3. The smallest absolute Gasteiger partial charge is 0.317 e. The van der Waals surface area contributed by atoms with Gasteiger partial charge in [0.2, 0.25) is 0 Å². The number of amides is 2. The largest absolute Gasteiger partial charge is 0.338 e. The van der Waals surface area contributed by atoms with Gasteiger partial charge in [-0.25, -0.2) is 9.18 Å². The zero-order chi connectivity index (χ0) is 12.3. The zero-order valence-electron chi connectivity index (χ0n) is 9.38. The summed E-state index contributed by atoms with van der Waals surface area (Å²) in [7, 11) is 0. The molecule has 0 spiro atoms. The molecule has 2 rings (SSSR count). The number of urea groups is 1. The van der Waals surface area contributed by atoms with Crippen LogP contribution in [0.3, 0.4) is 0 Å². The molecule has 1 aromatic carbocycles. The van der Waals surface area contributed by atoms with Crippen LogP contribution in [0.2, 0.25) is 0 Å². The molecule has 2 amide bonds. The van der Waals surface area contributed by atoms with Crippen LogP contribution in [0, 0.1) is 5.82 Å². The highest BCUT2D eigenvalue weighted by Gasteiger charge is 2.19. The monoisotopic (exact) mass is 300 g/mol. The van der Waals surface area contributed by atoms with Gasteiger partial charge in [-0.1, -0.05) is 15.9 Å². The van der Waals surface area contributed by atoms with Crippen molar-refractivity contribution in [3.63, 3.8) is 0 Å². The Balaban J connectivity index is 1.81. The lowest BCUT2D eigenvalue weighted by atomic mass is 10.1. The molecule has 17 heavy (non-hydrogen) atoms. The van der Waals surface area contributed by atoms with Crippen molar-refractivity contribution in [3.05, 3.63) is 34.1 Å². The van der Waals surface area contributed by atoms with Crippen LogP contribution in [0.15, 0.2) is 22.7 Å². The summed E-state index contributed by atoms with van der Waals surface area (Å²) in [6.45, 7) is 2.12. The van der Waals surface area contributed by atoms with Crippen LogP contribution in [0.4, 0.5) is 9.18 Å². The fourth-order valence-corrected chi connectivity index (χ4v) is 2.08. The van der Waals surface area contributed by atoms with E-state index in [1.165, 1.54) is 6.07 Å². The fraction of sp³-hybridized carbons (Fsp3) is 0.417. The third-order valence-corrected chi connectivity index (χ3v) is 3.31. The summed E-state index contributed by atoms with van der Waals surface area (Å²) in [5.74, 6) is -0.230. The van der Waals surface area contributed by atoms with Crippen molar-refractivity contribution in [2.75, 3.05) is 19.6 Å². The van der Waals surface area contributed by atoms with E-state index in [0.717, 1.165) is 24.0 Å². The Labute approximate surface area is 108 Å². The molecule has 5 heteroatoms. The molecule has 1 aliphatic rings. The van der Waals surface area contributed by atoms with Crippen LogP contribution < -0.4 is 5.32 Å². The Morgan fingerprint density at radius 1 is 1.47 bits per heavy atom. The topological polar surface area (TPSA) is 32.3 Å². The average molecular weight is 301 g/mol. The summed E-state index contributed by atoms with van der Waals surface area (Å²) < 4.78 is 14.2. The fourth-order valence-electron chi connectivity index (χ4n) is 1.67. The summed E-state index contributed by atoms with van der Waals surface area (Å²) in [5.41, 5.74) is 0.614. The van der Waals surface area contributed by atoms with Gasteiger partial charge in [-0.05, 0) is 36.6 Å². The third kappa shape index (κ3) is 3.19. The lowest BCUT2D eigenvalue weighted by Crippen LogP contribution is -2.48. The maximum absolute atomic E-state index is 13.4. The number of halogens is 2. The third-order valence-electron chi connectivity index (χ3n) is 2.82. The van der Waals surface area contributed by atoms with Gasteiger partial charge in [0.05, 0.1) is 0 Å². The molecule has 3 nitrogen and oxygen atoms in total. The second kappa shape index (κ2) is 5.49. The van der Waals surface area contributed by atoms with Gasteiger partial charge in [0.1, 0.15) is 5.82 Å². The van der Waals surface area contributed by atoms with E-state index in [2.05, 4.69) is 21.2 Å². The summed E-state index contributed by atoms with van der Waals surface area (Å²) in [6, 6.07) is 4.78. The highest BCUT2D eigenvalue weighted by atomic mass is 79.9. The Bertz CT molecular complexity index is 421. The van der Waals surface area contributed by atoms with Crippen molar-refractivity contribution in [1.82, 2.24) is 10.2 Å². The highest BCUT2D eigenvalue weighted by molar-refractivity contribution is 9.10. The lowest BCUT2D eigenvalue weighted by molar-refractivity contribution is 0.168. The molecule has 1 fully saturated rings. The average Bonchev–Trinajstić information content (AvgIpc) is 2.20. The Kier molecular flexibility index (Phi) is 3.99. The number of carbonyl (C=O) groups is 1. The molecule has 0 unspecified atom stereocenters. The van der Waals surface area contributed by atoms with E-state index in [-0.39, 0.29) is 11.8 Å². The molecule has 1 N–H and O–H groups in total. The van der Waals surface area contributed by atoms with Gasteiger partial charge in [-0.2, -0.15) is 0 Å². The lowest BCUT2D eigenvalue weighted by Gasteiger charge is -2.30. The van der Waals surface area contributed by atoms with Crippen molar-refractivity contribution < 1.29 is 9.18 Å². The molecule has 1 aromatic rings. The number of hydrogen-bond donors (Lipinski definition) is 1. The molecule has 1 saturated heterocycles. The van der Waals surface area contributed by atoms with Crippen molar-refractivity contribution in [2.24, 2.45) is 0 Å². The first kappa shape index (κ1) is 12.4. The van der Waals surface area contributed by atoms with Gasteiger partial charge in [-0.3, -0.25) is 0 Å². The first-order valence-corrected chi connectivity index (χ1v) is 6.43. The number of nitrogens with zero attached hydrogens (tertiary/aromatic N) is 1. The molecule has 92 valence electrons. The van der Waals surface area contributed by atoms with E-state index in [1.807, 2.05) is 0 Å². The Morgan fingerprint density at radius 2 is 2.24 bits per heavy atom. The van der Waals surface area contributed by atoms with Gasteiger partial charge in [0.25, 0.3) is 0 Å². The SMILES string of the molecule is O=C(NCCc1cc(Br)ccc1F)N1CCC1. The summed E-state index contributed by atoms with van der Waals surface area (Å²) in [5, 5.41) is 2.78. The van der Waals surface area contributed by atoms with E-state index < -0.39 is 0 Å². The zero-order valence-corrected chi connectivity index (χ0v) is 11.0. The maximum Gasteiger partial charge on any atom is 0.317 e. The minimum Gasteiger partial charge on any atom is -0.338 e. The predicted octanol–water partition coefficient (Wildman–Crippen LogP) is 2.55. The predicted molar refractivity (Wildman–Crippen MR) is 67.4 cm³/mol. The highest BCUT2D eigenvalue weighted by Crippen LogP contribution is 2.15. The van der Waals surface area contributed by atoms with E-state index in [4.69, 9.17) is 0 Å². The molecule has 0 aliphatic carbocycles. The Morgan fingerprint density at radius 3 is 2.88 bits per heavy atom. The quantitative estimate of drug-likeness (QED) is 0.914. The van der Waals surface area contributed by atoms with Gasteiger partial charge >= 0.3 is 6.03 Å². The normalized spacial score (nSPS) is 14.4. The first-order valence-electron chi connectivity index (χ1n) is 5.63. The minimum absolute atomic E-state index is 0.0494. The van der Waals surface area contributed by atoms with E-state index in [1.54, 1.807) is 17.0 Å². The van der Waals surface area contributed by atoms with E-state index in [9.17, 15) is 9.18 Å². The summed E-state index contributed by atoms with van der Waals surface area (Å²) in [6.07, 6.45) is 1.58. The van der Waals surface area contributed by atoms with Gasteiger partial charge in [-0.15, -0.1) is 0 Å². The van der Waals surface area contributed by atoms with Gasteiger partial charge in [0.15, 0.2) is 0 Å². The van der Waals surface area contributed by atoms with E-state index >= 15 is 0 Å². The second-order valence-electron chi connectivity index (χ2n) is 4.06. The molecule has 0 saturated carbocycles. The maximum atomic E-state index is 13.4. The molecule has 0 radical (unpaired) electrons. The molecular weight excluding hydrogens is 287 g/mol. The van der Waals surface area contributed by atoms with Gasteiger partial charge in [0, 0.05) is 24.1 Å². The molecule has 0 atom stereocenters. The van der Waals surface area contributed by atoms with Crippen molar-refractivity contribution in [3.8, 4) is 0 Å². The molecule has 1 aliphatic heterocycles. The molecule has 0 bridgehead atoms. The number of nitrogens with one attached hydrogen (secondary N) is 1. The summed E-state index contributed by atoms with van der Waals surface area (Å²) in [4.78, 5) is 13.2. The standard InChI is InChI=1S/C12H14BrFN2O/c13-10-2-3-11(14)9(8-10)4-5-15-12(17)16-6-1-7-16/h2-3,8H,1,4-7H2,(H,15,17). The van der Waals surface area contributed by atoms with Crippen molar-refractivity contribution >= 4 is 22.0 Å². The molecule has 0 aromatic heterocycles. The number of carbonyl (C=O) groups excluding carboxylic acids is 1. The van der Waals surface area contributed by atoms with E-state index in [0.29, 0.717) is 18.5 Å². The second-order valence-corrected chi connectivity index (χ2v) is 4.97. The molecule has 1 heterocycles. The number of likely N-dealkylation sites (tertiary alicyclic amines) is 1. The first-order chi connectivity index (χ1) is 8.16. The van der Waals surface area contributed by atoms with Crippen molar-refractivity contribution in [2.45, 2.75) is 12.8 Å². The van der Waals surface area contributed by atoms with Crippen LogP contribution in [0.25, 0.3) is 0 Å². The van der Waals surface area contributed by atoms with Gasteiger partial charge < -0.3 is 10.2 Å². The number of benzene rings is 1. The number of hydrogen-bond acceptors (Lipinski definition) is 1. The molecular formula is C12H14BrFN2O. The van der Waals surface area contributed by atoms with Crippen molar-refractivity contribution in [1.29, 1.82) is 0 Å². The van der Waals surface area contributed by atoms with Crippen LogP contribution >= 0.6 is 15.9 Å².